The van der Waals surface area contributed by atoms with Crippen molar-refractivity contribution in [2.75, 3.05) is 5.32 Å². The number of carbonyl (C=O) groups excluding carboxylic acids is 1. The van der Waals surface area contributed by atoms with Crippen molar-refractivity contribution in [2.24, 2.45) is 0 Å². The molecule has 128 valence electrons. The first-order valence-corrected chi connectivity index (χ1v) is 8.90. The van der Waals surface area contributed by atoms with Crippen molar-refractivity contribution in [3.8, 4) is 0 Å². The van der Waals surface area contributed by atoms with Gasteiger partial charge in [-0.15, -0.1) is 0 Å². The first-order chi connectivity index (χ1) is 10.7. The molecule has 0 aliphatic heterocycles. The van der Waals surface area contributed by atoms with Crippen molar-refractivity contribution in [3.05, 3.63) is 22.4 Å². The van der Waals surface area contributed by atoms with Gasteiger partial charge in [-0.1, -0.05) is 0 Å². The Morgan fingerprint density at radius 2 is 1.87 bits per heavy atom. The van der Waals surface area contributed by atoms with Gasteiger partial charge in [-0.25, -0.2) is 9.78 Å². The molecule has 1 aromatic rings. The Morgan fingerprint density at radius 1 is 1.26 bits per heavy atom. The molecular formula is C17H26BrN3O2. The van der Waals surface area contributed by atoms with E-state index in [1.165, 1.54) is 0 Å². The second kappa shape index (κ2) is 7.51. The number of hydrogen-bond acceptors (Lipinski definition) is 4. The zero-order valence-corrected chi connectivity index (χ0v) is 15.9. The van der Waals surface area contributed by atoms with E-state index in [1.54, 1.807) is 0 Å². The quantitative estimate of drug-likeness (QED) is 0.759. The van der Waals surface area contributed by atoms with Crippen LogP contribution in [0.2, 0.25) is 0 Å². The number of hydrogen-bond donors (Lipinski definition) is 2. The average Bonchev–Trinajstić information content (AvgIpc) is 2.43. The Morgan fingerprint density at radius 3 is 2.43 bits per heavy atom. The number of aromatic nitrogens is 1. The number of aryl methyl sites for hydroxylation is 1. The minimum atomic E-state index is -0.449. The molecule has 1 amide bonds. The number of halogens is 1. The third-order valence-corrected chi connectivity index (χ3v) is 4.66. The number of rotatable bonds is 3. The number of ether oxygens (including phenoxy) is 1. The molecule has 1 aliphatic carbocycles. The van der Waals surface area contributed by atoms with Gasteiger partial charge in [0.2, 0.25) is 0 Å². The first-order valence-electron chi connectivity index (χ1n) is 8.11. The van der Waals surface area contributed by atoms with Gasteiger partial charge in [-0.3, -0.25) is 0 Å². The Kier molecular flexibility index (Phi) is 5.89. The summed E-state index contributed by atoms with van der Waals surface area (Å²) in [5.41, 5.74) is 1.72. The van der Waals surface area contributed by atoms with Crippen LogP contribution in [-0.2, 0) is 4.74 Å². The zero-order chi connectivity index (χ0) is 17.0. The molecular weight excluding hydrogens is 358 g/mol. The van der Waals surface area contributed by atoms with Crippen LogP contribution in [0, 0.1) is 6.92 Å². The zero-order valence-electron chi connectivity index (χ0n) is 14.3. The molecule has 0 unspecified atom stereocenters. The lowest BCUT2D eigenvalue weighted by Gasteiger charge is -2.31. The second-order valence-corrected chi connectivity index (χ2v) is 7.92. The molecule has 0 atom stereocenters. The van der Waals surface area contributed by atoms with Crippen LogP contribution in [-0.4, -0.2) is 28.8 Å². The molecule has 5 nitrogen and oxygen atoms in total. The molecule has 23 heavy (non-hydrogen) atoms. The lowest BCUT2D eigenvalue weighted by molar-refractivity contribution is 0.0492. The van der Waals surface area contributed by atoms with Gasteiger partial charge in [-0.05, 0) is 80.9 Å². The summed E-state index contributed by atoms with van der Waals surface area (Å²) in [6.07, 6.45) is 5.49. The molecule has 1 saturated carbocycles. The predicted molar refractivity (Wildman–Crippen MR) is 95.7 cm³/mol. The highest BCUT2D eigenvalue weighted by Gasteiger charge is 2.24. The first kappa shape index (κ1) is 18.0. The number of pyridine rings is 1. The van der Waals surface area contributed by atoms with E-state index >= 15 is 0 Å². The van der Waals surface area contributed by atoms with Gasteiger partial charge in [0, 0.05) is 12.1 Å². The SMILES string of the molecule is Cc1cc(NC2CCC(NC(=O)OC(C)(C)C)CC2)cnc1Br. The summed E-state index contributed by atoms with van der Waals surface area (Å²) in [6.45, 7) is 7.66. The van der Waals surface area contributed by atoms with Crippen LogP contribution in [0.3, 0.4) is 0 Å². The Bertz CT molecular complexity index is 549. The van der Waals surface area contributed by atoms with E-state index in [9.17, 15) is 4.79 Å². The molecule has 6 heteroatoms. The standard InChI is InChI=1S/C17H26BrN3O2/c1-11-9-14(10-19-15(11)18)20-12-5-7-13(8-6-12)21-16(22)23-17(2,3)4/h9-10,12-13,20H,5-8H2,1-4H3,(H,21,22). The largest absolute Gasteiger partial charge is 0.444 e. The minimum Gasteiger partial charge on any atom is -0.444 e. The van der Waals surface area contributed by atoms with Crippen molar-refractivity contribution in [1.82, 2.24) is 10.3 Å². The van der Waals surface area contributed by atoms with E-state index in [1.807, 2.05) is 33.9 Å². The van der Waals surface area contributed by atoms with Crippen LogP contribution in [0.1, 0.15) is 52.0 Å². The summed E-state index contributed by atoms with van der Waals surface area (Å²) in [5, 5.41) is 6.50. The van der Waals surface area contributed by atoms with Gasteiger partial charge in [0.25, 0.3) is 0 Å². The maximum absolute atomic E-state index is 11.8. The van der Waals surface area contributed by atoms with Crippen LogP contribution in [0.4, 0.5) is 10.5 Å². The van der Waals surface area contributed by atoms with E-state index in [4.69, 9.17) is 4.74 Å². The molecule has 2 N–H and O–H groups in total. The lowest BCUT2D eigenvalue weighted by Crippen LogP contribution is -2.42. The predicted octanol–water partition coefficient (Wildman–Crippen LogP) is 4.40. The van der Waals surface area contributed by atoms with Crippen LogP contribution < -0.4 is 10.6 Å². The van der Waals surface area contributed by atoms with Crippen molar-refractivity contribution >= 4 is 27.7 Å². The van der Waals surface area contributed by atoms with Gasteiger partial charge in [0.15, 0.2) is 0 Å². The second-order valence-electron chi connectivity index (χ2n) is 7.17. The molecule has 0 saturated heterocycles. The monoisotopic (exact) mass is 383 g/mol. The van der Waals surface area contributed by atoms with Crippen molar-refractivity contribution in [1.29, 1.82) is 0 Å². The molecule has 0 aromatic carbocycles. The fraction of sp³-hybridized carbons (Fsp3) is 0.647. The smallest absolute Gasteiger partial charge is 0.407 e. The molecule has 1 aliphatic rings. The summed E-state index contributed by atoms with van der Waals surface area (Å²) in [4.78, 5) is 16.1. The summed E-state index contributed by atoms with van der Waals surface area (Å²) >= 11 is 3.41. The summed E-state index contributed by atoms with van der Waals surface area (Å²) in [6, 6.07) is 2.73. The molecule has 0 radical (unpaired) electrons. The Balaban J connectivity index is 1.77. The number of nitrogens with zero attached hydrogens (tertiary/aromatic N) is 1. The molecule has 1 heterocycles. The van der Waals surface area contributed by atoms with Crippen molar-refractivity contribution in [3.63, 3.8) is 0 Å². The third-order valence-electron chi connectivity index (χ3n) is 3.83. The Labute approximate surface area is 146 Å². The van der Waals surface area contributed by atoms with Gasteiger partial charge < -0.3 is 15.4 Å². The molecule has 0 bridgehead atoms. The van der Waals surface area contributed by atoms with E-state index in [-0.39, 0.29) is 12.1 Å². The maximum Gasteiger partial charge on any atom is 0.407 e. The molecule has 2 rings (SSSR count). The average molecular weight is 384 g/mol. The number of anilines is 1. The molecule has 0 spiro atoms. The van der Waals surface area contributed by atoms with Crippen LogP contribution in [0.25, 0.3) is 0 Å². The van der Waals surface area contributed by atoms with E-state index in [0.717, 1.165) is 41.5 Å². The maximum atomic E-state index is 11.8. The third kappa shape index (κ3) is 6.01. The van der Waals surface area contributed by atoms with Crippen LogP contribution in [0.15, 0.2) is 16.9 Å². The number of carbonyl (C=O) groups is 1. The van der Waals surface area contributed by atoms with Gasteiger partial charge in [-0.2, -0.15) is 0 Å². The normalized spacial score (nSPS) is 21.6. The fourth-order valence-corrected chi connectivity index (χ4v) is 2.95. The van der Waals surface area contributed by atoms with Crippen LogP contribution >= 0.6 is 15.9 Å². The van der Waals surface area contributed by atoms with Gasteiger partial charge >= 0.3 is 6.09 Å². The summed E-state index contributed by atoms with van der Waals surface area (Å²) in [7, 11) is 0. The number of amides is 1. The number of alkyl carbamates (subject to hydrolysis) is 1. The van der Waals surface area contributed by atoms with Crippen molar-refractivity contribution in [2.45, 2.75) is 71.1 Å². The lowest BCUT2D eigenvalue weighted by atomic mass is 9.91. The van der Waals surface area contributed by atoms with Gasteiger partial charge in [0.1, 0.15) is 10.2 Å². The van der Waals surface area contributed by atoms with E-state index in [0.29, 0.717) is 6.04 Å². The highest BCUT2D eigenvalue weighted by atomic mass is 79.9. The fourth-order valence-electron chi connectivity index (χ4n) is 2.73. The van der Waals surface area contributed by atoms with Crippen LogP contribution in [0.5, 0.6) is 0 Å². The Hall–Kier alpha value is -1.30. The molecule has 1 fully saturated rings. The van der Waals surface area contributed by atoms with Gasteiger partial charge in [0.05, 0.1) is 11.9 Å². The minimum absolute atomic E-state index is 0.202. The molecule has 1 aromatic heterocycles. The highest BCUT2D eigenvalue weighted by Crippen LogP contribution is 2.24. The summed E-state index contributed by atoms with van der Waals surface area (Å²) in [5.74, 6) is 0. The highest BCUT2D eigenvalue weighted by molar-refractivity contribution is 9.10. The summed E-state index contributed by atoms with van der Waals surface area (Å²) < 4.78 is 6.19. The van der Waals surface area contributed by atoms with E-state index in [2.05, 4.69) is 37.6 Å². The topological polar surface area (TPSA) is 63.2 Å². The number of nitrogens with one attached hydrogen (secondary N) is 2. The van der Waals surface area contributed by atoms with Crippen molar-refractivity contribution < 1.29 is 9.53 Å². The van der Waals surface area contributed by atoms with E-state index < -0.39 is 5.60 Å².